The Labute approximate surface area is 219 Å². The van der Waals surface area contributed by atoms with Crippen molar-refractivity contribution in [3.05, 3.63) is 72.0 Å². The second-order valence-electron chi connectivity index (χ2n) is 10.6. The third-order valence-corrected chi connectivity index (χ3v) is 8.41. The lowest BCUT2D eigenvalue weighted by atomic mass is 9.67. The molecule has 0 spiro atoms. The van der Waals surface area contributed by atoms with E-state index >= 15 is 0 Å². The molecule has 0 saturated carbocycles. The highest BCUT2D eigenvalue weighted by Gasteiger charge is 2.73. The Kier molecular flexibility index (Phi) is 5.58. The van der Waals surface area contributed by atoms with Crippen LogP contribution in [0.1, 0.15) is 44.6 Å². The second kappa shape index (κ2) is 8.74. The van der Waals surface area contributed by atoms with Gasteiger partial charge >= 0.3 is 0 Å². The quantitative estimate of drug-likeness (QED) is 0.465. The van der Waals surface area contributed by atoms with E-state index in [1.807, 2.05) is 31.2 Å². The summed E-state index contributed by atoms with van der Waals surface area (Å²) in [6.45, 7) is 1.91. The van der Waals surface area contributed by atoms with E-state index in [1.54, 1.807) is 12.1 Å². The summed E-state index contributed by atoms with van der Waals surface area (Å²) in [4.78, 5) is 41.6. The highest BCUT2D eigenvalue weighted by Crippen LogP contribution is 2.62. The Morgan fingerprint density at radius 2 is 1.76 bits per heavy atom. The maximum atomic E-state index is 13.9. The molecule has 0 aromatic heterocycles. The van der Waals surface area contributed by atoms with Crippen molar-refractivity contribution in [2.24, 2.45) is 11.8 Å². The van der Waals surface area contributed by atoms with Crippen molar-refractivity contribution in [2.75, 3.05) is 10.2 Å². The number of nitrogens with zero attached hydrogens (tertiary/aromatic N) is 2. The van der Waals surface area contributed by atoms with E-state index in [9.17, 15) is 24.0 Å². The lowest BCUT2D eigenvalue weighted by Gasteiger charge is -2.31. The Bertz CT molecular complexity index is 1530. The molecule has 6 rings (SSSR count). The smallest absolute Gasteiger partial charge is 0.240 e. The van der Waals surface area contributed by atoms with E-state index in [4.69, 9.17) is 4.74 Å². The average molecular weight is 512 g/mol. The number of halogens is 1. The second-order valence-corrected chi connectivity index (χ2v) is 10.6. The number of nitrogens with one attached hydrogen (secondary N) is 1. The van der Waals surface area contributed by atoms with Gasteiger partial charge in [-0.2, -0.15) is 5.26 Å². The fourth-order valence-electron chi connectivity index (χ4n) is 6.73. The van der Waals surface area contributed by atoms with Gasteiger partial charge in [0.05, 0.1) is 40.4 Å². The summed E-state index contributed by atoms with van der Waals surface area (Å²) < 4.78 is 19.6. The van der Waals surface area contributed by atoms with E-state index in [-0.39, 0.29) is 30.0 Å². The molecule has 3 aliphatic heterocycles. The number of hydrogen-bond acceptors (Lipinski definition) is 5. The van der Waals surface area contributed by atoms with E-state index in [1.165, 1.54) is 29.2 Å². The SMILES string of the molecule is CC12CCC(CCCC(=O)Nc3ccc(F)cc3)(O1)[C@H]1C(=O)N(c3ccc(C#N)c4ccccc34)C(=O)[C@H]12. The summed E-state index contributed by atoms with van der Waals surface area (Å²) in [5.41, 5.74) is -0.0676. The van der Waals surface area contributed by atoms with Crippen molar-refractivity contribution < 1.29 is 23.5 Å². The van der Waals surface area contributed by atoms with E-state index < -0.39 is 23.0 Å². The lowest BCUT2D eigenvalue weighted by molar-refractivity contribution is -0.130. The van der Waals surface area contributed by atoms with Crippen LogP contribution in [0.5, 0.6) is 0 Å². The van der Waals surface area contributed by atoms with Gasteiger partial charge in [0.15, 0.2) is 0 Å². The third kappa shape index (κ3) is 3.61. The molecule has 1 N–H and O–H groups in total. The topological polar surface area (TPSA) is 99.5 Å². The summed E-state index contributed by atoms with van der Waals surface area (Å²) in [5, 5.41) is 13.7. The molecule has 3 fully saturated rings. The highest BCUT2D eigenvalue weighted by molar-refractivity contribution is 6.26. The number of carbonyl (C=O) groups excluding carboxylic acids is 3. The van der Waals surface area contributed by atoms with Crippen molar-refractivity contribution in [2.45, 2.75) is 50.2 Å². The number of ether oxygens (including phenoxy) is 1. The van der Waals surface area contributed by atoms with E-state index in [0.717, 1.165) is 0 Å². The molecule has 0 radical (unpaired) electrons. The first-order chi connectivity index (χ1) is 18.3. The zero-order valence-electron chi connectivity index (χ0n) is 20.9. The first kappa shape index (κ1) is 24.3. The van der Waals surface area contributed by atoms with Crippen molar-refractivity contribution in [1.82, 2.24) is 0 Å². The van der Waals surface area contributed by atoms with Crippen LogP contribution < -0.4 is 10.2 Å². The fourth-order valence-corrected chi connectivity index (χ4v) is 6.73. The number of benzene rings is 3. The monoisotopic (exact) mass is 511 g/mol. The maximum absolute atomic E-state index is 13.9. The Balaban J connectivity index is 1.24. The summed E-state index contributed by atoms with van der Waals surface area (Å²) in [5.74, 6) is -2.35. The Morgan fingerprint density at radius 3 is 2.50 bits per heavy atom. The van der Waals surface area contributed by atoms with Crippen LogP contribution in [0, 0.1) is 29.0 Å². The number of anilines is 2. The molecule has 3 saturated heterocycles. The van der Waals surface area contributed by atoms with Crippen LogP contribution in [0.3, 0.4) is 0 Å². The molecular formula is C30H26FN3O4. The molecule has 3 aliphatic rings. The fraction of sp³-hybridized carbons (Fsp3) is 0.333. The minimum Gasteiger partial charge on any atom is -0.367 e. The van der Waals surface area contributed by atoms with Gasteiger partial charge in [0, 0.05) is 22.9 Å². The third-order valence-electron chi connectivity index (χ3n) is 8.41. The first-order valence-electron chi connectivity index (χ1n) is 12.8. The molecule has 0 aliphatic carbocycles. The van der Waals surface area contributed by atoms with Gasteiger partial charge in [-0.15, -0.1) is 0 Å². The number of fused-ring (bicyclic) bond motifs is 6. The number of amides is 3. The van der Waals surface area contributed by atoms with Gasteiger partial charge in [-0.1, -0.05) is 24.3 Å². The summed E-state index contributed by atoms with van der Waals surface area (Å²) in [6, 6.07) is 18.4. The van der Waals surface area contributed by atoms with Gasteiger partial charge in [-0.05, 0) is 69.0 Å². The van der Waals surface area contributed by atoms with Crippen LogP contribution in [-0.4, -0.2) is 28.9 Å². The first-order valence-corrected chi connectivity index (χ1v) is 12.8. The van der Waals surface area contributed by atoms with Gasteiger partial charge in [0.2, 0.25) is 17.7 Å². The molecular weight excluding hydrogens is 485 g/mol. The molecule has 8 heteroatoms. The minimum atomic E-state index is -0.806. The molecule has 3 aromatic carbocycles. The molecule has 38 heavy (non-hydrogen) atoms. The van der Waals surface area contributed by atoms with Crippen molar-refractivity contribution in [1.29, 1.82) is 5.26 Å². The standard InChI is InChI=1S/C30H26FN3O4/c1-29-15-16-30(38-29,14-4-7-24(35)33-20-11-9-19(31)10-12-20)26-25(29)27(36)34(28(26)37)23-13-8-18(17-32)21-5-2-3-6-22(21)23/h2-3,5-6,8-13,25-26H,4,7,14-16H2,1H3,(H,33,35)/t25-,26+,29?,30?/m0/s1. The predicted octanol–water partition coefficient (Wildman–Crippen LogP) is 5.09. The van der Waals surface area contributed by atoms with Crippen molar-refractivity contribution in [3.8, 4) is 6.07 Å². The number of imide groups is 1. The van der Waals surface area contributed by atoms with Crippen LogP contribution >= 0.6 is 0 Å². The zero-order chi connectivity index (χ0) is 26.7. The normalized spacial score (nSPS) is 27.6. The van der Waals surface area contributed by atoms with Crippen molar-refractivity contribution in [3.63, 3.8) is 0 Å². The number of carbonyl (C=O) groups is 3. The van der Waals surface area contributed by atoms with Crippen LogP contribution in [-0.2, 0) is 19.1 Å². The molecule has 3 amide bonds. The van der Waals surface area contributed by atoms with Gasteiger partial charge in [-0.3, -0.25) is 14.4 Å². The Hall–Kier alpha value is -4.09. The highest BCUT2D eigenvalue weighted by atomic mass is 19.1. The minimum absolute atomic E-state index is 0.206. The molecule has 3 aromatic rings. The van der Waals surface area contributed by atoms with Crippen LogP contribution in [0.4, 0.5) is 15.8 Å². The molecule has 4 atom stereocenters. The number of hydrogen-bond donors (Lipinski definition) is 1. The zero-order valence-corrected chi connectivity index (χ0v) is 20.9. The number of nitriles is 1. The maximum Gasteiger partial charge on any atom is 0.240 e. The average Bonchev–Trinajstić information content (AvgIpc) is 3.49. The summed E-state index contributed by atoms with van der Waals surface area (Å²) >= 11 is 0. The van der Waals surface area contributed by atoms with Gasteiger partial charge < -0.3 is 10.1 Å². The molecule has 2 unspecified atom stereocenters. The summed E-state index contributed by atoms with van der Waals surface area (Å²) in [7, 11) is 0. The number of rotatable bonds is 6. The molecule has 2 bridgehead atoms. The molecule has 7 nitrogen and oxygen atoms in total. The van der Waals surface area contributed by atoms with Gasteiger partial charge in [-0.25, -0.2) is 9.29 Å². The van der Waals surface area contributed by atoms with Gasteiger partial charge in [0.1, 0.15) is 5.82 Å². The largest absolute Gasteiger partial charge is 0.367 e. The molecule has 192 valence electrons. The lowest BCUT2D eigenvalue weighted by Crippen LogP contribution is -2.42. The summed E-state index contributed by atoms with van der Waals surface area (Å²) in [6.07, 6.45) is 2.47. The predicted molar refractivity (Wildman–Crippen MR) is 138 cm³/mol. The Morgan fingerprint density at radius 1 is 1.05 bits per heavy atom. The van der Waals surface area contributed by atoms with Crippen LogP contribution in [0.15, 0.2) is 60.7 Å². The van der Waals surface area contributed by atoms with E-state index in [0.29, 0.717) is 53.4 Å². The van der Waals surface area contributed by atoms with Crippen molar-refractivity contribution >= 4 is 39.9 Å². The van der Waals surface area contributed by atoms with Crippen LogP contribution in [0.25, 0.3) is 10.8 Å². The van der Waals surface area contributed by atoms with Crippen LogP contribution in [0.2, 0.25) is 0 Å². The van der Waals surface area contributed by atoms with E-state index in [2.05, 4.69) is 11.4 Å². The molecule has 3 heterocycles. The van der Waals surface area contributed by atoms with Gasteiger partial charge in [0.25, 0.3) is 0 Å².